The lowest BCUT2D eigenvalue weighted by Gasteiger charge is -2.28. The minimum Gasteiger partial charge on any atom is -0.384 e. The van der Waals surface area contributed by atoms with Crippen LogP contribution in [-0.4, -0.2) is 21.1 Å². The topological polar surface area (TPSA) is 33.1 Å². The van der Waals surface area contributed by atoms with Crippen LogP contribution in [0.15, 0.2) is 36.7 Å². The molecule has 88 valence electrons. The number of aromatic nitrogens is 1. The molecule has 1 aliphatic heterocycles. The van der Waals surface area contributed by atoms with E-state index in [9.17, 15) is 5.11 Å². The minimum absolute atomic E-state index is 0.251. The molecule has 17 heavy (non-hydrogen) atoms. The molecule has 2 unspecified atom stereocenters. The van der Waals surface area contributed by atoms with Gasteiger partial charge in [-0.3, -0.25) is 4.98 Å². The van der Waals surface area contributed by atoms with Gasteiger partial charge in [0.2, 0.25) is 0 Å². The summed E-state index contributed by atoms with van der Waals surface area (Å²) in [5.74, 6) is 1.03. The fourth-order valence-electron chi connectivity index (χ4n) is 2.59. The van der Waals surface area contributed by atoms with Gasteiger partial charge in [0.25, 0.3) is 0 Å². The van der Waals surface area contributed by atoms with Crippen molar-refractivity contribution in [2.24, 2.45) is 0 Å². The van der Waals surface area contributed by atoms with E-state index in [0.717, 1.165) is 28.5 Å². The van der Waals surface area contributed by atoms with Gasteiger partial charge in [-0.25, -0.2) is 0 Å². The van der Waals surface area contributed by atoms with Crippen LogP contribution in [0.25, 0.3) is 10.8 Å². The molecule has 1 aromatic carbocycles. The summed E-state index contributed by atoms with van der Waals surface area (Å²) in [4.78, 5) is 4.14. The summed E-state index contributed by atoms with van der Waals surface area (Å²) in [6.07, 6.45) is 4.48. The lowest BCUT2D eigenvalue weighted by atomic mass is 9.85. The second-order valence-electron chi connectivity index (χ2n) is 4.59. The van der Waals surface area contributed by atoms with Crippen LogP contribution in [-0.2, 0) is 5.60 Å². The summed E-state index contributed by atoms with van der Waals surface area (Å²) in [7, 11) is 0. The first-order chi connectivity index (χ1) is 8.22. The average Bonchev–Trinajstić information content (AvgIpc) is 2.70. The van der Waals surface area contributed by atoms with Gasteiger partial charge in [-0.1, -0.05) is 25.1 Å². The smallest absolute Gasteiger partial charge is 0.103 e. The average molecular weight is 245 g/mol. The monoisotopic (exact) mass is 245 g/mol. The first kappa shape index (κ1) is 11.1. The van der Waals surface area contributed by atoms with Crippen molar-refractivity contribution in [3.63, 3.8) is 0 Å². The molecule has 0 amide bonds. The quantitative estimate of drug-likeness (QED) is 0.838. The zero-order valence-corrected chi connectivity index (χ0v) is 10.6. The second-order valence-corrected chi connectivity index (χ2v) is 6.04. The highest BCUT2D eigenvalue weighted by atomic mass is 32.2. The zero-order chi connectivity index (χ0) is 11.9. The van der Waals surface area contributed by atoms with Crippen molar-refractivity contribution in [3.05, 3.63) is 42.2 Å². The maximum absolute atomic E-state index is 10.9. The van der Waals surface area contributed by atoms with E-state index in [4.69, 9.17) is 0 Å². The molecule has 1 saturated heterocycles. The van der Waals surface area contributed by atoms with Gasteiger partial charge in [-0.15, -0.1) is 0 Å². The zero-order valence-electron chi connectivity index (χ0n) is 9.76. The number of thioether (sulfide) groups is 1. The fourth-order valence-corrected chi connectivity index (χ4v) is 3.89. The molecule has 0 spiro atoms. The molecule has 2 heterocycles. The normalized spacial score (nSPS) is 28.7. The molecule has 0 bridgehead atoms. The predicted molar refractivity (Wildman–Crippen MR) is 72.2 cm³/mol. The van der Waals surface area contributed by atoms with Crippen molar-refractivity contribution in [1.82, 2.24) is 4.98 Å². The number of fused-ring (bicyclic) bond motifs is 1. The van der Waals surface area contributed by atoms with Crippen molar-refractivity contribution in [1.29, 1.82) is 0 Å². The van der Waals surface area contributed by atoms with Gasteiger partial charge >= 0.3 is 0 Å². The number of aliphatic hydroxyl groups is 1. The van der Waals surface area contributed by atoms with E-state index in [1.807, 2.05) is 42.2 Å². The molecule has 3 rings (SSSR count). The van der Waals surface area contributed by atoms with Crippen molar-refractivity contribution < 1.29 is 5.11 Å². The lowest BCUT2D eigenvalue weighted by molar-refractivity contribution is 0.0442. The van der Waals surface area contributed by atoms with Crippen LogP contribution >= 0.6 is 11.8 Å². The largest absolute Gasteiger partial charge is 0.384 e. The van der Waals surface area contributed by atoms with Gasteiger partial charge in [0.05, 0.1) is 0 Å². The third kappa shape index (κ3) is 1.65. The van der Waals surface area contributed by atoms with Crippen molar-refractivity contribution in [2.45, 2.75) is 24.2 Å². The molecular formula is C14H15NOS. The van der Waals surface area contributed by atoms with E-state index in [0.29, 0.717) is 0 Å². The fraction of sp³-hybridized carbons (Fsp3) is 0.357. The summed E-state index contributed by atoms with van der Waals surface area (Å²) >= 11 is 1.84. The Labute approximate surface area is 105 Å². The Morgan fingerprint density at radius 3 is 3.06 bits per heavy atom. The van der Waals surface area contributed by atoms with Gasteiger partial charge < -0.3 is 5.11 Å². The Balaban J connectivity index is 2.24. The maximum Gasteiger partial charge on any atom is 0.103 e. The highest BCUT2D eigenvalue weighted by Gasteiger charge is 2.41. The van der Waals surface area contributed by atoms with Gasteiger partial charge in [0, 0.05) is 23.0 Å². The number of rotatable bonds is 1. The third-order valence-electron chi connectivity index (χ3n) is 3.67. The SMILES string of the molecule is CC1SCCC1(O)c1cccc2cnccc12. The van der Waals surface area contributed by atoms with Gasteiger partial charge in [0.15, 0.2) is 0 Å². The number of nitrogens with zero attached hydrogens (tertiary/aromatic N) is 1. The maximum atomic E-state index is 10.9. The van der Waals surface area contributed by atoms with Crippen molar-refractivity contribution >= 4 is 22.5 Å². The van der Waals surface area contributed by atoms with Crippen molar-refractivity contribution in [3.8, 4) is 0 Å². The summed E-state index contributed by atoms with van der Waals surface area (Å²) in [5.41, 5.74) is 0.362. The molecule has 2 atom stereocenters. The Kier molecular flexibility index (Phi) is 2.60. The molecule has 3 heteroatoms. The molecule has 2 aromatic rings. The summed E-state index contributed by atoms with van der Waals surface area (Å²) in [6.45, 7) is 2.11. The molecule has 0 aliphatic carbocycles. The lowest BCUT2D eigenvalue weighted by Crippen LogP contribution is -2.31. The van der Waals surface area contributed by atoms with E-state index in [1.54, 1.807) is 6.20 Å². The van der Waals surface area contributed by atoms with E-state index >= 15 is 0 Å². The first-order valence-electron chi connectivity index (χ1n) is 5.89. The number of hydrogen-bond acceptors (Lipinski definition) is 3. The molecule has 1 N–H and O–H groups in total. The van der Waals surface area contributed by atoms with Gasteiger partial charge in [-0.05, 0) is 29.2 Å². The van der Waals surface area contributed by atoms with E-state index in [2.05, 4.69) is 11.9 Å². The number of pyridine rings is 1. The highest BCUT2D eigenvalue weighted by molar-refractivity contribution is 8.00. The number of hydrogen-bond donors (Lipinski definition) is 1. The van der Waals surface area contributed by atoms with Crippen LogP contribution in [0.5, 0.6) is 0 Å². The summed E-state index contributed by atoms with van der Waals surface area (Å²) < 4.78 is 0. The van der Waals surface area contributed by atoms with Crippen LogP contribution < -0.4 is 0 Å². The molecule has 1 aromatic heterocycles. The summed E-state index contributed by atoms with van der Waals surface area (Å²) in [5, 5.41) is 13.4. The van der Waals surface area contributed by atoms with E-state index < -0.39 is 5.60 Å². The van der Waals surface area contributed by atoms with E-state index in [1.165, 1.54) is 0 Å². The van der Waals surface area contributed by atoms with Crippen LogP contribution in [0.1, 0.15) is 18.9 Å². The summed E-state index contributed by atoms with van der Waals surface area (Å²) in [6, 6.07) is 8.10. The second kappa shape index (κ2) is 4.00. The van der Waals surface area contributed by atoms with Gasteiger partial charge in [-0.2, -0.15) is 11.8 Å². The molecular weight excluding hydrogens is 230 g/mol. The van der Waals surface area contributed by atoms with Crippen LogP contribution in [0.3, 0.4) is 0 Å². The van der Waals surface area contributed by atoms with Crippen LogP contribution in [0.2, 0.25) is 0 Å². The Bertz CT molecular complexity index is 551. The van der Waals surface area contributed by atoms with Gasteiger partial charge in [0.1, 0.15) is 5.60 Å². The molecule has 0 radical (unpaired) electrons. The Hall–Kier alpha value is -1.06. The Morgan fingerprint density at radius 2 is 2.29 bits per heavy atom. The van der Waals surface area contributed by atoms with Crippen LogP contribution in [0, 0.1) is 0 Å². The standard InChI is InChI=1S/C14H15NOS/c1-10-14(16,6-8-17-10)13-4-2-3-11-9-15-7-5-12(11)13/h2-5,7,9-10,16H,6,8H2,1H3. The predicted octanol–water partition coefficient (Wildman–Crippen LogP) is 2.95. The molecule has 1 aliphatic rings. The molecule has 1 fully saturated rings. The first-order valence-corrected chi connectivity index (χ1v) is 6.94. The highest BCUT2D eigenvalue weighted by Crippen LogP contribution is 2.44. The molecule has 0 saturated carbocycles. The van der Waals surface area contributed by atoms with Crippen LogP contribution in [0.4, 0.5) is 0 Å². The third-order valence-corrected chi connectivity index (χ3v) is 5.00. The van der Waals surface area contributed by atoms with E-state index in [-0.39, 0.29) is 5.25 Å². The number of benzene rings is 1. The van der Waals surface area contributed by atoms with Crippen molar-refractivity contribution in [2.75, 3.05) is 5.75 Å². The molecule has 2 nitrogen and oxygen atoms in total. The Morgan fingerprint density at radius 1 is 1.41 bits per heavy atom. The minimum atomic E-state index is -0.689.